The first kappa shape index (κ1) is 55.1. The number of quaternary nitrogens is 1. The molecule has 0 aromatic rings. The van der Waals surface area contributed by atoms with E-state index in [0.29, 0.717) is 17.4 Å². The number of likely N-dealkylation sites (N-methyl/N-ethyl adjacent to an activating group) is 1. The van der Waals surface area contributed by atoms with Crippen molar-refractivity contribution in [2.45, 2.75) is 238 Å². The molecule has 0 aliphatic carbocycles. The molecule has 0 bridgehead atoms. The smallest absolute Gasteiger partial charge is 0.306 e. The Morgan fingerprint density at radius 3 is 1.32 bits per heavy atom. The zero-order valence-electron chi connectivity index (χ0n) is 37.9. The standard InChI is InChI=1S/C47H94NO7P/c1-6-8-10-12-14-16-18-20-22-24-25-26-28-30-32-34-36-38-40-47(49)55-46(45-54-56(50,51)53-43-41-48(3,4)5)44-52-42-39-37-35-33-31-29-27-23-21-19-17-15-13-11-9-7-2/h39,42,46H,6-38,40-41,43-45H2,1-5H3/b42-39-/t46-/m1/s1. The predicted octanol–water partition coefficient (Wildman–Crippen LogP) is 13.9. The lowest BCUT2D eigenvalue weighted by Gasteiger charge is -2.28. The van der Waals surface area contributed by atoms with Gasteiger partial charge in [-0.15, -0.1) is 0 Å². The number of nitrogens with zero attached hydrogens (tertiary/aromatic N) is 1. The number of unbranched alkanes of at least 4 members (excludes halogenated alkanes) is 31. The van der Waals surface area contributed by atoms with Crippen molar-refractivity contribution in [3.63, 3.8) is 0 Å². The summed E-state index contributed by atoms with van der Waals surface area (Å²) in [5.41, 5.74) is 0. The van der Waals surface area contributed by atoms with Crippen molar-refractivity contribution >= 4 is 13.8 Å². The van der Waals surface area contributed by atoms with Crippen LogP contribution in [0.4, 0.5) is 0 Å². The van der Waals surface area contributed by atoms with Crippen LogP contribution in [0.1, 0.15) is 232 Å². The second-order valence-electron chi connectivity index (χ2n) is 17.6. The van der Waals surface area contributed by atoms with E-state index in [2.05, 4.69) is 13.8 Å². The summed E-state index contributed by atoms with van der Waals surface area (Å²) in [6.07, 6.45) is 46.0. The maximum absolute atomic E-state index is 12.7. The molecular weight excluding hydrogens is 721 g/mol. The van der Waals surface area contributed by atoms with Crippen molar-refractivity contribution in [3.05, 3.63) is 12.3 Å². The van der Waals surface area contributed by atoms with Crippen LogP contribution in [-0.2, 0) is 27.9 Å². The Kier molecular flexibility index (Phi) is 40.2. The second kappa shape index (κ2) is 40.8. The van der Waals surface area contributed by atoms with E-state index in [9.17, 15) is 14.3 Å². The molecule has 334 valence electrons. The molecule has 0 aromatic heterocycles. The number of phosphoric ester groups is 1. The number of ether oxygens (including phenoxy) is 2. The zero-order chi connectivity index (χ0) is 41.3. The van der Waals surface area contributed by atoms with Gasteiger partial charge in [-0.2, -0.15) is 0 Å². The molecule has 0 heterocycles. The topological polar surface area (TPSA) is 94.1 Å². The van der Waals surface area contributed by atoms with Crippen molar-refractivity contribution in [1.82, 2.24) is 0 Å². The third kappa shape index (κ3) is 44.2. The number of carbonyl (C=O) groups is 1. The van der Waals surface area contributed by atoms with Gasteiger partial charge in [0, 0.05) is 6.42 Å². The number of hydrogen-bond donors (Lipinski definition) is 0. The third-order valence-corrected chi connectivity index (χ3v) is 11.6. The SMILES string of the molecule is CCCCCCCCCCCCCCCC/C=C\OC[C@H](COP(=O)([O-])OCC[N+](C)(C)C)OC(=O)CCCCCCCCCCCCCCCCCCCC. The van der Waals surface area contributed by atoms with Crippen LogP contribution in [0.15, 0.2) is 12.3 Å². The molecule has 0 spiro atoms. The van der Waals surface area contributed by atoms with Crippen LogP contribution in [0.2, 0.25) is 0 Å². The van der Waals surface area contributed by atoms with E-state index in [0.717, 1.165) is 32.1 Å². The number of allylic oxidation sites excluding steroid dienone is 1. The first-order chi connectivity index (χ1) is 27.1. The van der Waals surface area contributed by atoms with Crippen molar-refractivity contribution in [2.24, 2.45) is 0 Å². The summed E-state index contributed by atoms with van der Waals surface area (Å²) in [6.45, 7) is 4.78. The van der Waals surface area contributed by atoms with Gasteiger partial charge >= 0.3 is 5.97 Å². The van der Waals surface area contributed by atoms with E-state index in [-0.39, 0.29) is 25.8 Å². The van der Waals surface area contributed by atoms with Crippen LogP contribution >= 0.6 is 7.82 Å². The van der Waals surface area contributed by atoms with Crippen LogP contribution in [0, 0.1) is 0 Å². The fraction of sp³-hybridized carbons (Fsp3) is 0.936. The summed E-state index contributed by atoms with van der Waals surface area (Å²) in [5, 5.41) is 0. The van der Waals surface area contributed by atoms with Gasteiger partial charge in [0.15, 0.2) is 6.10 Å². The molecule has 0 N–H and O–H groups in total. The second-order valence-corrected chi connectivity index (χ2v) is 19.0. The molecule has 8 nitrogen and oxygen atoms in total. The maximum Gasteiger partial charge on any atom is 0.306 e. The summed E-state index contributed by atoms with van der Waals surface area (Å²) >= 11 is 0. The van der Waals surface area contributed by atoms with E-state index in [1.807, 2.05) is 27.2 Å². The Morgan fingerprint density at radius 1 is 0.554 bits per heavy atom. The van der Waals surface area contributed by atoms with Crippen molar-refractivity contribution in [1.29, 1.82) is 0 Å². The molecule has 0 aliphatic rings. The molecule has 0 radical (unpaired) electrons. The Bertz CT molecular complexity index is 909. The van der Waals surface area contributed by atoms with Gasteiger partial charge in [0.25, 0.3) is 7.82 Å². The van der Waals surface area contributed by atoms with Gasteiger partial charge in [0.05, 0.1) is 34.0 Å². The van der Waals surface area contributed by atoms with E-state index < -0.39 is 13.9 Å². The molecule has 0 amide bonds. The van der Waals surface area contributed by atoms with Crippen LogP contribution in [0.3, 0.4) is 0 Å². The largest absolute Gasteiger partial charge is 0.756 e. The van der Waals surface area contributed by atoms with Gasteiger partial charge in [-0.05, 0) is 25.3 Å². The minimum Gasteiger partial charge on any atom is -0.756 e. The number of esters is 1. The van der Waals surface area contributed by atoms with Crippen LogP contribution < -0.4 is 4.89 Å². The average molecular weight is 816 g/mol. The molecule has 0 aliphatic heterocycles. The normalized spacial score (nSPS) is 13.7. The molecule has 0 fully saturated rings. The summed E-state index contributed by atoms with van der Waals surface area (Å²) in [7, 11) is 1.34. The molecule has 0 saturated carbocycles. The van der Waals surface area contributed by atoms with Gasteiger partial charge in [-0.3, -0.25) is 9.36 Å². The fourth-order valence-corrected chi connectivity index (χ4v) is 7.65. The van der Waals surface area contributed by atoms with E-state index in [4.69, 9.17) is 18.5 Å². The monoisotopic (exact) mass is 816 g/mol. The lowest BCUT2D eigenvalue weighted by Crippen LogP contribution is -2.37. The van der Waals surface area contributed by atoms with Gasteiger partial charge < -0.3 is 27.9 Å². The minimum absolute atomic E-state index is 0.0204. The van der Waals surface area contributed by atoms with Crippen molar-refractivity contribution < 1.29 is 37.3 Å². The molecule has 2 atom stereocenters. The highest BCUT2D eigenvalue weighted by molar-refractivity contribution is 7.45. The summed E-state index contributed by atoms with van der Waals surface area (Å²) < 4.78 is 34.4. The molecule has 56 heavy (non-hydrogen) atoms. The van der Waals surface area contributed by atoms with E-state index in [1.54, 1.807) is 6.26 Å². The Morgan fingerprint density at radius 2 is 0.929 bits per heavy atom. The first-order valence-electron chi connectivity index (χ1n) is 24.0. The molecule has 0 aromatic carbocycles. The molecular formula is C47H94NO7P. The highest BCUT2D eigenvalue weighted by atomic mass is 31.2. The number of carbonyl (C=O) groups excluding carboxylic acids is 1. The van der Waals surface area contributed by atoms with Crippen LogP contribution in [0.25, 0.3) is 0 Å². The van der Waals surface area contributed by atoms with E-state index >= 15 is 0 Å². The fourth-order valence-electron chi connectivity index (χ4n) is 6.93. The minimum atomic E-state index is -4.54. The number of hydrogen-bond acceptors (Lipinski definition) is 7. The summed E-state index contributed by atoms with van der Waals surface area (Å²) in [5.74, 6) is -0.350. The Hall–Kier alpha value is -0.920. The quantitative estimate of drug-likeness (QED) is 0.0199. The van der Waals surface area contributed by atoms with Crippen molar-refractivity contribution in [2.75, 3.05) is 47.5 Å². The number of phosphoric acid groups is 1. The molecule has 0 rings (SSSR count). The predicted molar refractivity (Wildman–Crippen MR) is 236 cm³/mol. The van der Waals surface area contributed by atoms with E-state index in [1.165, 1.54) is 180 Å². The van der Waals surface area contributed by atoms with Crippen molar-refractivity contribution in [3.8, 4) is 0 Å². The molecule has 9 heteroatoms. The molecule has 1 unspecified atom stereocenters. The lowest BCUT2D eigenvalue weighted by molar-refractivity contribution is -0.870. The highest BCUT2D eigenvalue weighted by Gasteiger charge is 2.20. The van der Waals surface area contributed by atoms with Gasteiger partial charge in [0.1, 0.15) is 19.8 Å². The maximum atomic E-state index is 12.7. The van der Waals surface area contributed by atoms with Gasteiger partial charge in [-0.25, -0.2) is 0 Å². The van der Waals surface area contributed by atoms with Gasteiger partial charge in [-0.1, -0.05) is 206 Å². The third-order valence-electron chi connectivity index (χ3n) is 10.7. The summed E-state index contributed by atoms with van der Waals surface area (Å²) in [4.78, 5) is 25.1. The average Bonchev–Trinajstić information content (AvgIpc) is 3.15. The Labute approximate surface area is 348 Å². The first-order valence-corrected chi connectivity index (χ1v) is 25.4. The molecule has 0 saturated heterocycles. The van der Waals surface area contributed by atoms with Crippen LogP contribution in [0.5, 0.6) is 0 Å². The Balaban J connectivity index is 4.19. The van der Waals surface area contributed by atoms with Gasteiger partial charge in [0.2, 0.25) is 0 Å². The zero-order valence-corrected chi connectivity index (χ0v) is 38.7. The van der Waals surface area contributed by atoms with Crippen LogP contribution in [-0.4, -0.2) is 64.1 Å². The summed E-state index contributed by atoms with van der Waals surface area (Å²) in [6, 6.07) is 0. The highest BCUT2D eigenvalue weighted by Crippen LogP contribution is 2.38. The number of rotatable bonds is 45. The lowest BCUT2D eigenvalue weighted by atomic mass is 10.0.